The molecule has 7 heteroatoms. The van der Waals surface area contributed by atoms with E-state index >= 15 is 0 Å². The molecule has 0 unspecified atom stereocenters. The number of hydrogen-bond acceptors (Lipinski definition) is 4. The molecule has 1 aliphatic heterocycles. The highest BCUT2D eigenvalue weighted by molar-refractivity contribution is 7.89. The van der Waals surface area contributed by atoms with E-state index in [9.17, 15) is 13.2 Å². The minimum absolute atomic E-state index is 0.135. The van der Waals surface area contributed by atoms with Gasteiger partial charge in [0, 0.05) is 24.2 Å². The van der Waals surface area contributed by atoms with Gasteiger partial charge >= 0.3 is 0 Å². The Balaban J connectivity index is 2.27. The Hall–Kier alpha value is -1.44. The van der Waals surface area contributed by atoms with Crippen LogP contribution in [0.25, 0.3) is 0 Å². The molecule has 0 aromatic heterocycles. The van der Waals surface area contributed by atoms with Gasteiger partial charge in [0.05, 0.1) is 17.1 Å². The highest BCUT2D eigenvalue weighted by atomic mass is 32.2. The molecule has 2 rings (SSSR count). The standard InChI is InChI=1S/C18H28N2O4S/c1-6-18(4,5)19-17(21)15-8-7-9-16(10-15)25(22,23)20-11-13(2)24-14(3)12-20/h7-10,13-14H,6,11-12H2,1-5H3,(H,19,21)/t13-,14-/m0/s1. The van der Waals surface area contributed by atoms with Crippen LogP contribution in [0.15, 0.2) is 29.2 Å². The zero-order chi connectivity index (χ0) is 18.8. The molecular formula is C18H28N2O4S. The van der Waals surface area contributed by atoms with Crippen LogP contribution in [0.4, 0.5) is 0 Å². The molecule has 1 saturated heterocycles. The lowest BCUT2D eigenvalue weighted by Gasteiger charge is -2.34. The molecule has 0 aliphatic carbocycles. The van der Waals surface area contributed by atoms with E-state index in [-0.39, 0.29) is 28.5 Å². The summed E-state index contributed by atoms with van der Waals surface area (Å²) in [5, 5.41) is 2.93. The van der Waals surface area contributed by atoms with Crippen LogP contribution in [0.2, 0.25) is 0 Å². The molecule has 0 spiro atoms. The Morgan fingerprint density at radius 2 is 1.88 bits per heavy atom. The molecule has 1 fully saturated rings. The lowest BCUT2D eigenvalue weighted by Crippen LogP contribution is -2.48. The van der Waals surface area contributed by atoms with Crippen molar-refractivity contribution in [3.63, 3.8) is 0 Å². The van der Waals surface area contributed by atoms with E-state index < -0.39 is 10.0 Å². The van der Waals surface area contributed by atoms with Crippen LogP contribution in [0.1, 0.15) is 51.4 Å². The van der Waals surface area contributed by atoms with E-state index in [4.69, 9.17) is 4.74 Å². The summed E-state index contributed by atoms with van der Waals surface area (Å²) in [4.78, 5) is 12.6. The van der Waals surface area contributed by atoms with Crippen LogP contribution in [-0.2, 0) is 14.8 Å². The number of nitrogens with zero attached hydrogens (tertiary/aromatic N) is 1. The first-order chi connectivity index (χ1) is 11.5. The van der Waals surface area contributed by atoms with E-state index in [2.05, 4.69) is 5.32 Å². The number of carbonyl (C=O) groups is 1. The summed E-state index contributed by atoms with van der Waals surface area (Å²) in [7, 11) is -3.66. The Bertz CT molecular complexity index is 720. The van der Waals surface area contributed by atoms with Crippen molar-refractivity contribution in [3.8, 4) is 0 Å². The molecule has 0 bridgehead atoms. The van der Waals surface area contributed by atoms with Gasteiger partial charge in [0.25, 0.3) is 5.91 Å². The van der Waals surface area contributed by atoms with Gasteiger partial charge in [-0.15, -0.1) is 0 Å². The van der Waals surface area contributed by atoms with Crippen molar-refractivity contribution in [2.45, 2.75) is 63.7 Å². The average Bonchev–Trinajstić information content (AvgIpc) is 2.53. The lowest BCUT2D eigenvalue weighted by atomic mass is 10.0. The summed E-state index contributed by atoms with van der Waals surface area (Å²) in [5.41, 5.74) is -0.00179. The quantitative estimate of drug-likeness (QED) is 0.866. The van der Waals surface area contributed by atoms with Gasteiger partial charge in [-0.3, -0.25) is 4.79 Å². The lowest BCUT2D eigenvalue weighted by molar-refractivity contribution is -0.0440. The van der Waals surface area contributed by atoms with E-state index in [1.807, 2.05) is 34.6 Å². The van der Waals surface area contributed by atoms with Crippen LogP contribution in [-0.4, -0.2) is 49.5 Å². The minimum atomic E-state index is -3.66. The molecule has 2 atom stereocenters. The van der Waals surface area contributed by atoms with Gasteiger partial charge in [-0.25, -0.2) is 8.42 Å². The largest absolute Gasteiger partial charge is 0.373 e. The molecule has 1 N–H and O–H groups in total. The number of ether oxygens (including phenoxy) is 1. The van der Waals surface area contributed by atoms with Crippen molar-refractivity contribution in [3.05, 3.63) is 29.8 Å². The van der Waals surface area contributed by atoms with Crippen LogP contribution in [0, 0.1) is 0 Å². The first-order valence-corrected chi connectivity index (χ1v) is 10.1. The molecule has 0 radical (unpaired) electrons. The number of benzene rings is 1. The maximum absolute atomic E-state index is 12.9. The Labute approximate surface area is 150 Å². The van der Waals surface area contributed by atoms with Crippen molar-refractivity contribution < 1.29 is 17.9 Å². The van der Waals surface area contributed by atoms with Crippen molar-refractivity contribution in [1.82, 2.24) is 9.62 Å². The van der Waals surface area contributed by atoms with Gasteiger partial charge in [-0.05, 0) is 52.3 Å². The molecule has 1 amide bonds. The Morgan fingerprint density at radius 3 is 2.44 bits per heavy atom. The van der Waals surface area contributed by atoms with Gasteiger partial charge < -0.3 is 10.1 Å². The molecule has 1 aromatic carbocycles. The predicted molar refractivity (Wildman–Crippen MR) is 97.0 cm³/mol. The van der Waals surface area contributed by atoms with Crippen LogP contribution in [0.3, 0.4) is 0 Å². The van der Waals surface area contributed by atoms with Crippen LogP contribution in [0.5, 0.6) is 0 Å². The monoisotopic (exact) mass is 368 g/mol. The number of carbonyl (C=O) groups excluding carboxylic acids is 1. The third-order valence-electron chi connectivity index (χ3n) is 4.46. The molecule has 25 heavy (non-hydrogen) atoms. The maximum Gasteiger partial charge on any atom is 0.251 e. The normalized spacial score (nSPS) is 22.6. The summed E-state index contributed by atoms with van der Waals surface area (Å²) >= 11 is 0. The maximum atomic E-state index is 12.9. The highest BCUT2D eigenvalue weighted by Gasteiger charge is 2.32. The molecular weight excluding hydrogens is 340 g/mol. The molecule has 6 nitrogen and oxygen atoms in total. The molecule has 140 valence electrons. The first-order valence-electron chi connectivity index (χ1n) is 8.63. The van der Waals surface area contributed by atoms with Crippen LogP contribution >= 0.6 is 0 Å². The third kappa shape index (κ3) is 4.80. The second-order valence-corrected chi connectivity index (χ2v) is 9.24. The van der Waals surface area contributed by atoms with Crippen molar-refractivity contribution in [2.75, 3.05) is 13.1 Å². The Kier molecular flexibility index (Phi) is 5.91. The van der Waals surface area contributed by atoms with Crippen molar-refractivity contribution in [1.29, 1.82) is 0 Å². The fourth-order valence-electron chi connectivity index (χ4n) is 2.74. The third-order valence-corrected chi connectivity index (χ3v) is 6.28. The van der Waals surface area contributed by atoms with Crippen molar-refractivity contribution in [2.24, 2.45) is 0 Å². The smallest absolute Gasteiger partial charge is 0.251 e. The molecule has 1 aromatic rings. The van der Waals surface area contributed by atoms with E-state index in [1.165, 1.54) is 16.4 Å². The van der Waals surface area contributed by atoms with E-state index in [0.29, 0.717) is 18.7 Å². The van der Waals surface area contributed by atoms with Crippen LogP contribution < -0.4 is 5.32 Å². The zero-order valence-corrected chi connectivity index (χ0v) is 16.4. The van der Waals surface area contributed by atoms with Gasteiger partial charge in [0.1, 0.15) is 0 Å². The van der Waals surface area contributed by atoms with Crippen molar-refractivity contribution >= 4 is 15.9 Å². The summed E-state index contributed by atoms with van der Waals surface area (Å²) < 4.78 is 32.9. The second-order valence-electron chi connectivity index (χ2n) is 7.30. The topological polar surface area (TPSA) is 75.7 Å². The summed E-state index contributed by atoms with van der Waals surface area (Å²) in [6.45, 7) is 10.2. The number of rotatable bonds is 5. The summed E-state index contributed by atoms with van der Waals surface area (Å²) in [6, 6.07) is 6.21. The number of nitrogens with one attached hydrogen (secondary N) is 1. The van der Waals surface area contributed by atoms with E-state index in [0.717, 1.165) is 6.42 Å². The number of morpholine rings is 1. The highest BCUT2D eigenvalue weighted by Crippen LogP contribution is 2.22. The summed E-state index contributed by atoms with van der Waals surface area (Å²) in [5.74, 6) is -0.271. The SMILES string of the molecule is CCC(C)(C)NC(=O)c1cccc(S(=O)(=O)N2C[C@H](C)O[C@@H](C)C2)c1. The second kappa shape index (κ2) is 7.43. The number of sulfonamides is 1. The molecule has 1 aliphatic rings. The minimum Gasteiger partial charge on any atom is -0.373 e. The molecule has 0 saturated carbocycles. The van der Waals surface area contributed by atoms with Gasteiger partial charge in [-0.1, -0.05) is 13.0 Å². The number of amides is 1. The van der Waals surface area contributed by atoms with Gasteiger partial charge in [0.15, 0.2) is 0 Å². The van der Waals surface area contributed by atoms with Gasteiger partial charge in [0.2, 0.25) is 10.0 Å². The fourth-order valence-corrected chi connectivity index (χ4v) is 4.38. The fraction of sp³-hybridized carbons (Fsp3) is 0.611. The van der Waals surface area contributed by atoms with E-state index in [1.54, 1.807) is 12.1 Å². The zero-order valence-electron chi connectivity index (χ0n) is 15.6. The Morgan fingerprint density at radius 1 is 1.28 bits per heavy atom. The average molecular weight is 368 g/mol. The predicted octanol–water partition coefficient (Wildman–Crippen LogP) is 2.40. The molecule has 1 heterocycles. The summed E-state index contributed by atoms with van der Waals surface area (Å²) in [6.07, 6.45) is 0.464. The first kappa shape index (κ1) is 19.9. The van der Waals surface area contributed by atoms with Gasteiger partial charge in [-0.2, -0.15) is 4.31 Å². The number of hydrogen-bond donors (Lipinski definition) is 1.